The maximum Gasteiger partial charge on any atom is 0.123 e. The van der Waals surface area contributed by atoms with Crippen LogP contribution in [0.5, 0.6) is 5.75 Å². The van der Waals surface area contributed by atoms with Gasteiger partial charge in [-0.05, 0) is 48.1 Å². The molecule has 0 aromatic carbocycles. The minimum atomic E-state index is 0.399. The molecule has 0 aromatic heterocycles. The van der Waals surface area contributed by atoms with Gasteiger partial charge in [-0.15, -0.1) is 0 Å². The van der Waals surface area contributed by atoms with Crippen LogP contribution in [0.25, 0.3) is 11.1 Å². The first-order chi connectivity index (χ1) is 7.50. The second kappa shape index (κ2) is 3.82. The number of aryl methyl sites for hydroxylation is 2. The highest BCUT2D eigenvalue weighted by Gasteiger charge is 2.15. The summed E-state index contributed by atoms with van der Waals surface area (Å²) in [7, 11) is 0. The minimum Gasteiger partial charge on any atom is -0.507 e. The van der Waals surface area contributed by atoms with E-state index in [9.17, 15) is 5.11 Å². The minimum absolute atomic E-state index is 0.399. The predicted octanol–water partition coefficient (Wildman–Crippen LogP) is 4.24. The molecule has 0 aromatic rings. The highest BCUT2D eigenvalue weighted by Crippen LogP contribution is 2.39. The van der Waals surface area contributed by atoms with Gasteiger partial charge >= 0.3 is 0 Å². The molecule has 1 nitrogen and oxygen atoms in total. The lowest BCUT2D eigenvalue weighted by molar-refractivity contribution is 0.479. The number of fused-ring (bicyclic) bond motifs is 1. The molecular weight excluding hydrogens is 196 g/mol. The van der Waals surface area contributed by atoms with Gasteiger partial charge in [-0.1, -0.05) is 32.0 Å². The monoisotopic (exact) mass is 214 g/mol. The topological polar surface area (TPSA) is 20.2 Å². The molecule has 0 radical (unpaired) electrons. The molecule has 2 rings (SSSR count). The van der Waals surface area contributed by atoms with Gasteiger partial charge < -0.3 is 5.11 Å². The highest BCUT2D eigenvalue weighted by atomic mass is 16.3. The molecule has 1 heteroatoms. The molecular formula is C15H18O. The first kappa shape index (κ1) is 11.0. The molecule has 0 spiro atoms. The molecule has 0 aliphatic heterocycles. The van der Waals surface area contributed by atoms with Gasteiger partial charge in [0.25, 0.3) is 0 Å². The molecule has 1 N–H and O–H groups in total. The lowest BCUT2D eigenvalue weighted by Crippen LogP contribution is -1.83. The summed E-state index contributed by atoms with van der Waals surface area (Å²) >= 11 is 0. The third-order valence-electron chi connectivity index (χ3n) is 3.20. The molecule has 0 amide bonds. The summed E-state index contributed by atoms with van der Waals surface area (Å²) in [5.74, 6) is 0.905. The van der Waals surface area contributed by atoms with Crippen LogP contribution in [0.1, 0.15) is 36.5 Å². The average molecular weight is 214 g/mol. The van der Waals surface area contributed by atoms with E-state index < -0.39 is 0 Å². The highest BCUT2D eigenvalue weighted by molar-refractivity contribution is 5.80. The molecule has 0 unspecified atom stereocenters. The van der Waals surface area contributed by atoms with Crippen molar-refractivity contribution in [1.82, 2.24) is 0 Å². The molecule has 16 heavy (non-hydrogen) atoms. The zero-order valence-electron chi connectivity index (χ0n) is 10.3. The fraction of sp³-hybridized carbons (Fsp3) is 0.333. The van der Waals surface area contributed by atoms with Gasteiger partial charge in [-0.3, -0.25) is 0 Å². The number of aromatic hydroxyl groups is 1. The molecule has 0 saturated heterocycles. The molecule has 84 valence electrons. The van der Waals surface area contributed by atoms with Crippen LogP contribution in [0.15, 0.2) is 24.3 Å². The van der Waals surface area contributed by atoms with E-state index in [0.717, 1.165) is 16.7 Å². The summed E-state index contributed by atoms with van der Waals surface area (Å²) in [6, 6.07) is 8.29. The Labute approximate surface area is 97.1 Å². The fourth-order valence-electron chi connectivity index (χ4n) is 2.17. The molecule has 0 saturated carbocycles. The van der Waals surface area contributed by atoms with Gasteiger partial charge in [0, 0.05) is 5.56 Å². The second-order valence-corrected chi connectivity index (χ2v) is 4.82. The van der Waals surface area contributed by atoms with E-state index in [1.54, 1.807) is 0 Å². The Morgan fingerprint density at radius 3 is 2.31 bits per heavy atom. The summed E-state index contributed by atoms with van der Waals surface area (Å²) in [4.78, 5) is 0. The van der Waals surface area contributed by atoms with Crippen molar-refractivity contribution >= 4 is 0 Å². The number of hydrogen-bond acceptors (Lipinski definition) is 1. The SMILES string of the molecule is Cc1cc(O)c2c(C)ccc(C(C)C)cc1-2. The molecule has 2 aliphatic rings. The van der Waals surface area contributed by atoms with E-state index in [0.29, 0.717) is 11.7 Å². The Balaban J connectivity index is 2.77. The van der Waals surface area contributed by atoms with Crippen LogP contribution in [0.4, 0.5) is 0 Å². The Kier molecular flexibility index (Phi) is 2.63. The number of rotatable bonds is 1. The van der Waals surface area contributed by atoms with Gasteiger partial charge in [-0.25, -0.2) is 0 Å². The van der Waals surface area contributed by atoms with Gasteiger partial charge in [0.15, 0.2) is 0 Å². The van der Waals surface area contributed by atoms with E-state index in [-0.39, 0.29) is 0 Å². The van der Waals surface area contributed by atoms with Gasteiger partial charge in [0.1, 0.15) is 5.75 Å². The molecule has 0 atom stereocenters. The van der Waals surface area contributed by atoms with Crippen molar-refractivity contribution in [2.75, 3.05) is 0 Å². The molecule has 0 bridgehead atoms. The standard InChI is InChI=1S/C15H18O/c1-9(2)12-6-5-10(3)15-13(8-12)11(4)7-14(15)16/h5-9,16H,1-4H3. The third kappa shape index (κ3) is 1.67. The van der Waals surface area contributed by atoms with Crippen LogP contribution in [-0.4, -0.2) is 5.11 Å². The van der Waals surface area contributed by atoms with E-state index in [4.69, 9.17) is 0 Å². The second-order valence-electron chi connectivity index (χ2n) is 4.82. The average Bonchev–Trinajstić information content (AvgIpc) is 2.39. The van der Waals surface area contributed by atoms with Crippen LogP contribution >= 0.6 is 0 Å². The summed E-state index contributed by atoms with van der Waals surface area (Å²) in [5.41, 5.74) is 5.75. The summed E-state index contributed by atoms with van der Waals surface area (Å²) in [6.07, 6.45) is 0. The largest absolute Gasteiger partial charge is 0.507 e. The number of hydrogen-bond donors (Lipinski definition) is 1. The first-order valence-corrected chi connectivity index (χ1v) is 5.73. The summed E-state index contributed by atoms with van der Waals surface area (Å²) < 4.78 is 0. The van der Waals surface area contributed by atoms with Crippen LogP contribution in [0.3, 0.4) is 0 Å². The zero-order chi connectivity index (χ0) is 11.9. The Bertz CT molecular complexity index is 497. The zero-order valence-corrected chi connectivity index (χ0v) is 10.3. The van der Waals surface area contributed by atoms with E-state index in [1.165, 1.54) is 11.1 Å². The van der Waals surface area contributed by atoms with Gasteiger partial charge in [0.05, 0.1) is 0 Å². The van der Waals surface area contributed by atoms with E-state index >= 15 is 0 Å². The van der Waals surface area contributed by atoms with Crippen molar-refractivity contribution in [1.29, 1.82) is 0 Å². The molecule has 0 fully saturated rings. The molecule has 0 heterocycles. The lowest BCUT2D eigenvalue weighted by Gasteiger charge is -2.03. The quantitative estimate of drug-likeness (QED) is 0.753. The van der Waals surface area contributed by atoms with Crippen molar-refractivity contribution in [3.63, 3.8) is 0 Å². The fourth-order valence-corrected chi connectivity index (χ4v) is 2.17. The Morgan fingerprint density at radius 1 is 1.00 bits per heavy atom. The third-order valence-corrected chi connectivity index (χ3v) is 3.20. The van der Waals surface area contributed by atoms with Crippen molar-refractivity contribution in [3.8, 4) is 16.9 Å². The summed E-state index contributed by atoms with van der Waals surface area (Å²) in [5, 5.41) is 9.91. The van der Waals surface area contributed by atoms with Crippen molar-refractivity contribution in [3.05, 3.63) is 41.0 Å². The van der Waals surface area contributed by atoms with Gasteiger partial charge in [0.2, 0.25) is 0 Å². The maximum absolute atomic E-state index is 9.91. The van der Waals surface area contributed by atoms with Crippen molar-refractivity contribution in [2.45, 2.75) is 33.6 Å². The molecule has 2 aliphatic carbocycles. The van der Waals surface area contributed by atoms with Crippen LogP contribution in [0, 0.1) is 13.8 Å². The van der Waals surface area contributed by atoms with Crippen LogP contribution in [-0.2, 0) is 0 Å². The predicted molar refractivity (Wildman–Crippen MR) is 68.3 cm³/mol. The van der Waals surface area contributed by atoms with Crippen LogP contribution < -0.4 is 0 Å². The van der Waals surface area contributed by atoms with Crippen LogP contribution in [0.2, 0.25) is 0 Å². The lowest BCUT2D eigenvalue weighted by atomic mass is 10.0. The van der Waals surface area contributed by atoms with Crippen molar-refractivity contribution in [2.24, 2.45) is 0 Å². The first-order valence-electron chi connectivity index (χ1n) is 5.73. The van der Waals surface area contributed by atoms with Gasteiger partial charge in [-0.2, -0.15) is 0 Å². The summed E-state index contributed by atoms with van der Waals surface area (Å²) in [6.45, 7) is 8.47. The maximum atomic E-state index is 9.91. The van der Waals surface area contributed by atoms with Crippen molar-refractivity contribution < 1.29 is 5.11 Å². The van der Waals surface area contributed by atoms with E-state index in [2.05, 4.69) is 32.0 Å². The normalized spacial score (nSPS) is 11.3. The smallest absolute Gasteiger partial charge is 0.123 e. The Hall–Kier alpha value is -1.50. The van der Waals surface area contributed by atoms with E-state index in [1.807, 2.05) is 19.9 Å². The Morgan fingerprint density at radius 2 is 1.69 bits per heavy atom.